The Morgan fingerprint density at radius 2 is 1.46 bits per heavy atom. The maximum absolute atomic E-state index is 2.47. The third-order valence-corrected chi connectivity index (χ3v) is 3.33. The quantitative estimate of drug-likeness (QED) is 0.667. The molecular weight excluding hydrogens is 158 g/mol. The van der Waals surface area contributed by atoms with Crippen LogP contribution in [0.4, 0.5) is 0 Å². The minimum Gasteiger partial charge on any atom is -0.343 e. The molecule has 0 spiro atoms. The fourth-order valence-corrected chi connectivity index (χ4v) is 2.09. The zero-order valence-electron chi connectivity index (χ0n) is 9.52. The first-order valence-electron chi connectivity index (χ1n) is 5.20. The van der Waals surface area contributed by atoms with Gasteiger partial charge in [-0.3, -0.25) is 0 Å². The molecule has 1 rings (SSSR count). The van der Waals surface area contributed by atoms with Crippen LogP contribution < -0.4 is 0 Å². The van der Waals surface area contributed by atoms with Crippen molar-refractivity contribution >= 4 is 0 Å². The van der Waals surface area contributed by atoms with Crippen molar-refractivity contribution in [1.82, 2.24) is 4.57 Å². The molecule has 1 heterocycles. The molecule has 13 heavy (non-hydrogen) atoms. The molecule has 1 nitrogen and oxygen atoms in total. The summed E-state index contributed by atoms with van der Waals surface area (Å²) in [5.74, 6) is 0. The molecule has 0 amide bonds. The average Bonchev–Trinajstić information content (AvgIpc) is 2.46. The van der Waals surface area contributed by atoms with E-state index in [1.807, 2.05) is 0 Å². The van der Waals surface area contributed by atoms with E-state index in [0.717, 1.165) is 0 Å². The monoisotopic (exact) mass is 179 g/mol. The van der Waals surface area contributed by atoms with Crippen molar-refractivity contribution in [2.75, 3.05) is 0 Å². The highest BCUT2D eigenvalue weighted by molar-refractivity contribution is 5.16. The summed E-state index contributed by atoms with van der Waals surface area (Å²) in [5.41, 5.74) is 3.06. The number of aryl methyl sites for hydroxylation is 2. The van der Waals surface area contributed by atoms with Crippen molar-refractivity contribution in [3.05, 3.63) is 23.5 Å². The number of hydrogen-bond donors (Lipinski definition) is 0. The molecule has 0 N–H and O–H groups in total. The van der Waals surface area contributed by atoms with Crippen LogP contribution in [0.1, 0.15) is 45.0 Å². The van der Waals surface area contributed by atoms with Gasteiger partial charge in [-0.15, -0.1) is 0 Å². The smallest absolute Gasteiger partial charge is 0.0411 e. The second-order valence-corrected chi connectivity index (χ2v) is 4.16. The Hall–Kier alpha value is -0.720. The van der Waals surface area contributed by atoms with E-state index in [1.54, 1.807) is 0 Å². The first-order valence-corrected chi connectivity index (χ1v) is 5.20. The van der Waals surface area contributed by atoms with Crippen LogP contribution in [-0.4, -0.2) is 4.57 Å². The predicted molar refractivity (Wildman–Crippen MR) is 58.1 cm³/mol. The molecule has 74 valence electrons. The molecule has 0 radical (unpaired) electrons. The van der Waals surface area contributed by atoms with E-state index in [9.17, 15) is 0 Å². The molecule has 0 unspecified atom stereocenters. The standard InChI is InChI=1S/C12H21N/c1-6-12(5,7-2)13-10(3)8-9-11(13)4/h8-9H,6-7H2,1-5H3. The highest BCUT2D eigenvalue weighted by Gasteiger charge is 2.23. The lowest BCUT2D eigenvalue weighted by Crippen LogP contribution is -2.30. The number of nitrogens with zero attached hydrogens (tertiary/aromatic N) is 1. The molecule has 1 aromatic rings. The van der Waals surface area contributed by atoms with Gasteiger partial charge in [0.1, 0.15) is 0 Å². The SMILES string of the molecule is CCC(C)(CC)n1c(C)ccc1C. The van der Waals surface area contributed by atoms with Gasteiger partial charge in [-0.1, -0.05) is 13.8 Å². The Labute approximate surface area is 81.8 Å². The largest absolute Gasteiger partial charge is 0.343 e. The predicted octanol–water partition coefficient (Wildman–Crippen LogP) is 3.64. The number of hydrogen-bond acceptors (Lipinski definition) is 0. The average molecular weight is 179 g/mol. The zero-order valence-corrected chi connectivity index (χ0v) is 9.52. The van der Waals surface area contributed by atoms with Crippen LogP contribution in [0.15, 0.2) is 12.1 Å². The fraction of sp³-hybridized carbons (Fsp3) is 0.667. The van der Waals surface area contributed by atoms with Crippen molar-refractivity contribution in [3.63, 3.8) is 0 Å². The highest BCUT2D eigenvalue weighted by atomic mass is 15.1. The molecule has 0 fully saturated rings. The molecule has 0 aliphatic rings. The fourth-order valence-electron chi connectivity index (χ4n) is 2.09. The van der Waals surface area contributed by atoms with Crippen LogP contribution in [0.5, 0.6) is 0 Å². The van der Waals surface area contributed by atoms with Crippen molar-refractivity contribution in [2.24, 2.45) is 0 Å². The van der Waals surface area contributed by atoms with Crippen molar-refractivity contribution in [2.45, 2.75) is 53.0 Å². The third-order valence-electron chi connectivity index (χ3n) is 3.33. The Morgan fingerprint density at radius 3 is 1.77 bits per heavy atom. The summed E-state index contributed by atoms with van der Waals surface area (Å²) in [7, 11) is 0. The summed E-state index contributed by atoms with van der Waals surface area (Å²) < 4.78 is 2.47. The molecule has 1 aromatic heterocycles. The van der Waals surface area contributed by atoms with Crippen molar-refractivity contribution < 1.29 is 0 Å². The molecule has 0 aliphatic carbocycles. The first kappa shape index (κ1) is 10.4. The van der Waals surface area contributed by atoms with Gasteiger partial charge in [0.15, 0.2) is 0 Å². The van der Waals surface area contributed by atoms with Gasteiger partial charge >= 0.3 is 0 Å². The van der Waals surface area contributed by atoms with Crippen LogP contribution in [0.2, 0.25) is 0 Å². The van der Waals surface area contributed by atoms with Crippen molar-refractivity contribution in [3.8, 4) is 0 Å². The third kappa shape index (κ3) is 1.65. The number of aromatic nitrogens is 1. The highest BCUT2D eigenvalue weighted by Crippen LogP contribution is 2.28. The summed E-state index contributed by atoms with van der Waals surface area (Å²) in [6.07, 6.45) is 2.39. The molecular formula is C12H21N. The van der Waals surface area contributed by atoms with Gasteiger partial charge in [-0.25, -0.2) is 0 Å². The van der Waals surface area contributed by atoms with Gasteiger partial charge in [0, 0.05) is 16.9 Å². The van der Waals surface area contributed by atoms with Crippen LogP contribution >= 0.6 is 0 Å². The second kappa shape index (κ2) is 3.57. The normalized spacial score (nSPS) is 12.1. The van der Waals surface area contributed by atoms with Gasteiger partial charge in [0.25, 0.3) is 0 Å². The molecule has 0 aromatic carbocycles. The summed E-state index contributed by atoms with van der Waals surface area (Å²) in [4.78, 5) is 0. The van der Waals surface area contributed by atoms with E-state index >= 15 is 0 Å². The van der Waals surface area contributed by atoms with Crippen LogP contribution in [-0.2, 0) is 5.54 Å². The summed E-state index contributed by atoms with van der Waals surface area (Å²) in [5, 5.41) is 0. The van der Waals surface area contributed by atoms with Gasteiger partial charge in [-0.2, -0.15) is 0 Å². The molecule has 1 heteroatoms. The zero-order chi connectivity index (χ0) is 10.1. The van der Waals surface area contributed by atoms with Crippen LogP contribution in [0.25, 0.3) is 0 Å². The second-order valence-electron chi connectivity index (χ2n) is 4.16. The van der Waals surface area contributed by atoms with E-state index in [4.69, 9.17) is 0 Å². The lowest BCUT2D eigenvalue weighted by Gasteiger charge is -2.32. The van der Waals surface area contributed by atoms with E-state index in [-0.39, 0.29) is 0 Å². The lowest BCUT2D eigenvalue weighted by molar-refractivity contribution is 0.285. The van der Waals surface area contributed by atoms with Gasteiger partial charge in [0.2, 0.25) is 0 Å². The van der Waals surface area contributed by atoms with Gasteiger partial charge < -0.3 is 4.57 Å². The molecule has 0 bridgehead atoms. The van der Waals surface area contributed by atoms with E-state index in [1.165, 1.54) is 24.2 Å². The summed E-state index contributed by atoms with van der Waals surface area (Å²) >= 11 is 0. The van der Waals surface area contributed by atoms with E-state index in [2.05, 4.69) is 51.3 Å². The lowest BCUT2D eigenvalue weighted by atomic mass is 9.94. The van der Waals surface area contributed by atoms with E-state index in [0.29, 0.717) is 5.54 Å². The molecule has 0 atom stereocenters. The summed E-state index contributed by atoms with van der Waals surface area (Å²) in [6, 6.07) is 4.41. The van der Waals surface area contributed by atoms with Gasteiger partial charge in [-0.05, 0) is 45.7 Å². The molecule has 0 aliphatic heterocycles. The Bertz CT molecular complexity index is 260. The minimum atomic E-state index is 0.303. The van der Waals surface area contributed by atoms with Crippen LogP contribution in [0, 0.1) is 13.8 Å². The first-order chi connectivity index (χ1) is 6.05. The molecule has 0 saturated carbocycles. The van der Waals surface area contributed by atoms with Crippen LogP contribution in [0.3, 0.4) is 0 Å². The Morgan fingerprint density at radius 1 is 1.08 bits per heavy atom. The Balaban J connectivity index is 3.18. The maximum atomic E-state index is 2.47. The molecule has 0 saturated heterocycles. The topological polar surface area (TPSA) is 4.93 Å². The van der Waals surface area contributed by atoms with E-state index < -0.39 is 0 Å². The van der Waals surface area contributed by atoms with Gasteiger partial charge in [0.05, 0.1) is 0 Å². The maximum Gasteiger partial charge on any atom is 0.0411 e. The minimum absolute atomic E-state index is 0.303. The Kier molecular flexibility index (Phi) is 2.84. The van der Waals surface area contributed by atoms with Crippen molar-refractivity contribution in [1.29, 1.82) is 0 Å². The summed E-state index contributed by atoms with van der Waals surface area (Å²) in [6.45, 7) is 11.3. The number of rotatable bonds is 3.